The summed E-state index contributed by atoms with van der Waals surface area (Å²) < 4.78 is 0. The van der Waals surface area contributed by atoms with E-state index in [1.807, 2.05) is 0 Å². The van der Waals surface area contributed by atoms with Gasteiger partial charge in [-0.25, -0.2) is 4.79 Å². The molecule has 2 rings (SSSR count). The molecule has 1 saturated heterocycles. The first kappa shape index (κ1) is 14.8. The Morgan fingerprint density at radius 3 is 2.81 bits per heavy atom. The molecule has 0 saturated carbocycles. The SMILES string of the molecule is NCC(=O)NCC(=O)Nc1cccc(N2CCNC2=O)c1. The minimum absolute atomic E-state index is 0.148. The van der Waals surface area contributed by atoms with E-state index < -0.39 is 5.91 Å². The molecule has 1 fully saturated rings. The summed E-state index contributed by atoms with van der Waals surface area (Å²) in [5, 5.41) is 7.73. The summed E-state index contributed by atoms with van der Waals surface area (Å²) in [7, 11) is 0. The molecule has 0 unspecified atom stereocenters. The topological polar surface area (TPSA) is 117 Å². The van der Waals surface area contributed by atoms with Crippen LogP contribution in [0.3, 0.4) is 0 Å². The maximum absolute atomic E-state index is 11.7. The second-order valence-electron chi connectivity index (χ2n) is 4.46. The molecule has 1 aromatic carbocycles. The van der Waals surface area contributed by atoms with E-state index in [-0.39, 0.29) is 25.0 Å². The quantitative estimate of drug-likeness (QED) is 0.570. The van der Waals surface area contributed by atoms with E-state index in [1.165, 1.54) is 0 Å². The van der Waals surface area contributed by atoms with Crippen LogP contribution in [-0.4, -0.2) is 44.0 Å². The predicted molar refractivity (Wildman–Crippen MR) is 77.9 cm³/mol. The molecule has 0 atom stereocenters. The van der Waals surface area contributed by atoms with Gasteiger partial charge in [-0.15, -0.1) is 0 Å². The van der Waals surface area contributed by atoms with Gasteiger partial charge in [-0.3, -0.25) is 14.5 Å². The van der Waals surface area contributed by atoms with Crippen LogP contribution in [0.2, 0.25) is 0 Å². The number of urea groups is 1. The number of benzene rings is 1. The van der Waals surface area contributed by atoms with Crippen molar-refractivity contribution >= 4 is 29.2 Å². The van der Waals surface area contributed by atoms with Gasteiger partial charge in [0.2, 0.25) is 11.8 Å². The lowest BCUT2D eigenvalue weighted by atomic mass is 10.2. The number of hydrogen-bond acceptors (Lipinski definition) is 4. The molecule has 1 aliphatic rings. The second-order valence-corrected chi connectivity index (χ2v) is 4.46. The van der Waals surface area contributed by atoms with Gasteiger partial charge in [0.05, 0.1) is 13.1 Å². The summed E-state index contributed by atoms with van der Waals surface area (Å²) in [4.78, 5) is 35.8. The number of rotatable bonds is 5. The van der Waals surface area contributed by atoms with Crippen molar-refractivity contribution in [2.24, 2.45) is 5.73 Å². The summed E-state index contributed by atoms with van der Waals surface area (Å²) in [6.45, 7) is 0.876. The van der Waals surface area contributed by atoms with Crippen LogP contribution in [0.25, 0.3) is 0 Å². The van der Waals surface area contributed by atoms with Crippen molar-refractivity contribution in [1.29, 1.82) is 0 Å². The molecule has 8 nitrogen and oxygen atoms in total. The largest absolute Gasteiger partial charge is 0.346 e. The zero-order chi connectivity index (χ0) is 15.2. The lowest BCUT2D eigenvalue weighted by Crippen LogP contribution is -2.36. The number of carbonyl (C=O) groups excluding carboxylic acids is 3. The summed E-state index contributed by atoms with van der Waals surface area (Å²) >= 11 is 0. The molecule has 0 spiro atoms. The van der Waals surface area contributed by atoms with Crippen LogP contribution in [-0.2, 0) is 9.59 Å². The molecule has 4 amide bonds. The molecule has 112 valence electrons. The minimum atomic E-state index is -0.396. The Labute approximate surface area is 121 Å². The van der Waals surface area contributed by atoms with Crippen LogP contribution in [0.15, 0.2) is 24.3 Å². The first-order valence-electron chi connectivity index (χ1n) is 6.52. The van der Waals surface area contributed by atoms with Gasteiger partial charge in [-0.2, -0.15) is 0 Å². The third-order valence-electron chi connectivity index (χ3n) is 2.93. The van der Waals surface area contributed by atoms with E-state index in [4.69, 9.17) is 5.73 Å². The Morgan fingerprint density at radius 1 is 1.33 bits per heavy atom. The molecule has 0 bridgehead atoms. The van der Waals surface area contributed by atoms with E-state index in [1.54, 1.807) is 29.2 Å². The maximum Gasteiger partial charge on any atom is 0.321 e. The van der Waals surface area contributed by atoms with Crippen molar-refractivity contribution in [3.05, 3.63) is 24.3 Å². The van der Waals surface area contributed by atoms with E-state index in [9.17, 15) is 14.4 Å². The van der Waals surface area contributed by atoms with Gasteiger partial charge in [0.1, 0.15) is 0 Å². The monoisotopic (exact) mass is 291 g/mol. The lowest BCUT2D eigenvalue weighted by molar-refractivity contribution is -0.123. The number of carbonyl (C=O) groups is 3. The van der Waals surface area contributed by atoms with Crippen molar-refractivity contribution in [3.63, 3.8) is 0 Å². The fraction of sp³-hybridized carbons (Fsp3) is 0.308. The van der Waals surface area contributed by atoms with Gasteiger partial charge in [0.15, 0.2) is 0 Å². The van der Waals surface area contributed by atoms with Crippen LogP contribution >= 0.6 is 0 Å². The first-order valence-corrected chi connectivity index (χ1v) is 6.52. The minimum Gasteiger partial charge on any atom is -0.346 e. The molecule has 5 N–H and O–H groups in total. The Bertz CT molecular complexity index is 560. The van der Waals surface area contributed by atoms with E-state index in [0.29, 0.717) is 24.5 Å². The van der Waals surface area contributed by atoms with Crippen LogP contribution in [0.1, 0.15) is 0 Å². The number of hydrogen-bond donors (Lipinski definition) is 4. The molecule has 1 heterocycles. The maximum atomic E-state index is 11.7. The summed E-state index contributed by atoms with van der Waals surface area (Å²) in [5.74, 6) is -0.757. The molecule has 1 aromatic rings. The van der Waals surface area contributed by atoms with E-state index in [2.05, 4.69) is 16.0 Å². The average Bonchev–Trinajstić information content (AvgIpc) is 2.91. The average molecular weight is 291 g/mol. The van der Waals surface area contributed by atoms with Gasteiger partial charge < -0.3 is 21.7 Å². The fourth-order valence-corrected chi connectivity index (χ4v) is 1.93. The smallest absolute Gasteiger partial charge is 0.321 e. The molecule has 0 radical (unpaired) electrons. The van der Waals surface area contributed by atoms with Crippen molar-refractivity contribution < 1.29 is 14.4 Å². The molecule has 1 aliphatic heterocycles. The van der Waals surface area contributed by atoms with Gasteiger partial charge in [0, 0.05) is 24.5 Å². The van der Waals surface area contributed by atoms with E-state index in [0.717, 1.165) is 0 Å². The number of nitrogens with one attached hydrogen (secondary N) is 3. The second kappa shape index (κ2) is 6.71. The number of nitrogens with zero attached hydrogens (tertiary/aromatic N) is 1. The van der Waals surface area contributed by atoms with Crippen LogP contribution in [0.4, 0.5) is 16.2 Å². The lowest BCUT2D eigenvalue weighted by Gasteiger charge is -2.15. The van der Waals surface area contributed by atoms with Gasteiger partial charge in [-0.05, 0) is 18.2 Å². The predicted octanol–water partition coefficient (Wildman–Crippen LogP) is -0.770. The third kappa shape index (κ3) is 3.93. The highest BCUT2D eigenvalue weighted by Gasteiger charge is 2.21. The molecular weight excluding hydrogens is 274 g/mol. The molecule has 8 heteroatoms. The molecule has 0 aromatic heterocycles. The summed E-state index contributed by atoms with van der Waals surface area (Å²) in [6, 6.07) is 6.79. The Balaban J connectivity index is 1.96. The fourth-order valence-electron chi connectivity index (χ4n) is 1.93. The molecule has 21 heavy (non-hydrogen) atoms. The number of amides is 4. The highest BCUT2D eigenvalue weighted by atomic mass is 16.2. The van der Waals surface area contributed by atoms with Crippen LogP contribution in [0, 0.1) is 0 Å². The zero-order valence-electron chi connectivity index (χ0n) is 11.4. The van der Waals surface area contributed by atoms with Crippen molar-refractivity contribution in [2.45, 2.75) is 0 Å². The van der Waals surface area contributed by atoms with Gasteiger partial charge >= 0.3 is 6.03 Å². The van der Waals surface area contributed by atoms with Gasteiger partial charge in [0.25, 0.3) is 0 Å². The highest BCUT2D eigenvalue weighted by molar-refractivity contribution is 5.97. The Hall–Kier alpha value is -2.61. The standard InChI is InChI=1S/C13H17N5O3/c14-7-11(19)16-8-12(20)17-9-2-1-3-10(6-9)18-5-4-15-13(18)21/h1-3,6H,4-5,7-8,14H2,(H,15,21)(H,16,19)(H,17,20). The first-order chi connectivity index (χ1) is 10.1. The van der Waals surface area contributed by atoms with Crippen molar-refractivity contribution in [1.82, 2.24) is 10.6 Å². The number of anilines is 2. The zero-order valence-corrected chi connectivity index (χ0v) is 11.4. The highest BCUT2D eigenvalue weighted by Crippen LogP contribution is 2.20. The van der Waals surface area contributed by atoms with Crippen LogP contribution in [0.5, 0.6) is 0 Å². The molecule has 0 aliphatic carbocycles. The van der Waals surface area contributed by atoms with Crippen LogP contribution < -0.4 is 26.6 Å². The Kier molecular flexibility index (Phi) is 4.72. The van der Waals surface area contributed by atoms with Crippen molar-refractivity contribution in [2.75, 3.05) is 36.4 Å². The summed E-state index contributed by atoms with van der Waals surface area (Å²) in [6.07, 6.45) is 0. The summed E-state index contributed by atoms with van der Waals surface area (Å²) in [5.41, 5.74) is 6.38. The normalized spacial score (nSPS) is 13.8. The van der Waals surface area contributed by atoms with E-state index >= 15 is 0 Å². The van der Waals surface area contributed by atoms with Crippen molar-refractivity contribution in [3.8, 4) is 0 Å². The Morgan fingerprint density at radius 2 is 2.14 bits per heavy atom. The van der Waals surface area contributed by atoms with Gasteiger partial charge in [-0.1, -0.05) is 6.07 Å². The third-order valence-corrected chi connectivity index (χ3v) is 2.93. The number of nitrogens with two attached hydrogens (primary N) is 1. The molecular formula is C13H17N5O3.